The third-order valence-corrected chi connectivity index (χ3v) is 10.7. The van der Waals surface area contributed by atoms with Crippen LogP contribution in [0.5, 0.6) is 17.2 Å². The van der Waals surface area contributed by atoms with Crippen LogP contribution >= 0.6 is 0 Å². The van der Waals surface area contributed by atoms with Crippen LogP contribution in [-0.4, -0.2) is 53.3 Å². The second kappa shape index (κ2) is 16.8. The lowest BCUT2D eigenvalue weighted by atomic mass is 9.66. The molecule has 3 aliphatic rings. The predicted molar refractivity (Wildman–Crippen MR) is 205 cm³/mol. The molecule has 9 heteroatoms. The number of carbonyl (C=O) groups excluding carboxylic acids is 2. The molecule has 5 atom stereocenters. The van der Waals surface area contributed by atoms with Crippen molar-refractivity contribution in [3.63, 3.8) is 0 Å². The van der Waals surface area contributed by atoms with E-state index in [1.165, 1.54) is 25.2 Å². The number of aromatic amines is 1. The second-order valence-electron chi connectivity index (χ2n) is 14.3. The number of allylic oxidation sites excluding steroid dienone is 6. The van der Waals surface area contributed by atoms with Crippen LogP contribution in [0.1, 0.15) is 73.6 Å². The average molecular weight is 716 g/mol. The van der Waals surface area contributed by atoms with Crippen molar-refractivity contribution in [3.8, 4) is 29.1 Å². The Bertz CT molecular complexity index is 1990. The van der Waals surface area contributed by atoms with E-state index in [-0.39, 0.29) is 47.4 Å². The van der Waals surface area contributed by atoms with Gasteiger partial charge in [-0.3, -0.25) is 9.59 Å². The van der Waals surface area contributed by atoms with E-state index in [1.807, 2.05) is 12.1 Å². The van der Waals surface area contributed by atoms with Gasteiger partial charge in [0.2, 0.25) is 0 Å². The highest BCUT2D eigenvalue weighted by Gasteiger charge is 2.36. The van der Waals surface area contributed by atoms with Gasteiger partial charge in [0.15, 0.2) is 11.5 Å². The zero-order valence-corrected chi connectivity index (χ0v) is 30.7. The molecule has 1 spiro atoms. The Kier molecular flexibility index (Phi) is 11.8. The minimum absolute atomic E-state index is 0.00347. The molecule has 1 aromatic heterocycles. The fraction of sp³-hybridized carbons (Fsp3) is 0.364. The highest BCUT2D eigenvalue weighted by Crippen LogP contribution is 2.44. The third-order valence-electron chi connectivity index (χ3n) is 10.7. The number of carbonyl (C=O) groups is 2. The summed E-state index contributed by atoms with van der Waals surface area (Å²) in [5, 5.41) is 27.6. The van der Waals surface area contributed by atoms with Crippen LogP contribution in [0.3, 0.4) is 0 Å². The van der Waals surface area contributed by atoms with Crippen molar-refractivity contribution in [1.29, 1.82) is 0 Å². The summed E-state index contributed by atoms with van der Waals surface area (Å²) in [5.41, 5.74) is 5.01. The summed E-state index contributed by atoms with van der Waals surface area (Å²) in [6, 6.07) is 12.5. The molecule has 5 unspecified atom stereocenters. The number of H-pyrrole nitrogens is 1. The molecule has 0 amide bonds. The number of benzene rings is 2. The fourth-order valence-electron chi connectivity index (χ4n) is 7.79. The number of methoxy groups -OCH3 is 1. The number of aromatic nitrogens is 1. The van der Waals surface area contributed by atoms with Crippen LogP contribution in [0, 0.1) is 23.2 Å². The normalized spacial score (nSPS) is 25.0. The Morgan fingerprint density at radius 3 is 2.64 bits per heavy atom. The van der Waals surface area contributed by atoms with Gasteiger partial charge in [-0.1, -0.05) is 67.3 Å². The predicted octanol–water partition coefficient (Wildman–Crippen LogP) is 6.87. The molecule has 6 rings (SSSR count). The number of hydrogen-bond donors (Lipinski definition) is 5. The number of phenols is 2. The molecule has 0 radical (unpaired) electrons. The molecular formula is C44H49N3O6. The van der Waals surface area contributed by atoms with Crippen molar-refractivity contribution >= 4 is 11.8 Å². The van der Waals surface area contributed by atoms with Crippen LogP contribution in [0.2, 0.25) is 0 Å². The lowest BCUT2D eigenvalue weighted by Gasteiger charge is -2.38. The van der Waals surface area contributed by atoms with Gasteiger partial charge < -0.3 is 35.3 Å². The molecule has 0 fully saturated rings. The number of ether oxygens (including phenoxy) is 2. The Hall–Kier alpha value is -5.62. The monoisotopic (exact) mass is 715 g/mol. The van der Waals surface area contributed by atoms with Gasteiger partial charge in [-0.2, -0.15) is 0 Å². The molecule has 1 aliphatic carbocycles. The maximum absolute atomic E-state index is 13.8. The average Bonchev–Trinajstić information content (AvgIpc) is 3.57. The van der Waals surface area contributed by atoms with E-state index in [9.17, 15) is 19.8 Å². The van der Waals surface area contributed by atoms with Crippen molar-refractivity contribution in [2.45, 2.75) is 70.3 Å². The molecule has 2 aliphatic heterocycles. The summed E-state index contributed by atoms with van der Waals surface area (Å²) in [6.07, 6.45) is 19.4. The highest BCUT2D eigenvalue weighted by molar-refractivity contribution is 5.81. The molecule has 9 nitrogen and oxygen atoms in total. The molecule has 3 heterocycles. The van der Waals surface area contributed by atoms with Crippen molar-refractivity contribution in [2.75, 3.05) is 20.2 Å². The molecular weight excluding hydrogens is 666 g/mol. The summed E-state index contributed by atoms with van der Waals surface area (Å²) in [4.78, 5) is 29.5. The van der Waals surface area contributed by atoms with Crippen LogP contribution in [0.4, 0.5) is 0 Å². The Morgan fingerprint density at radius 1 is 1.00 bits per heavy atom. The number of rotatable bonds is 4. The summed E-state index contributed by atoms with van der Waals surface area (Å²) >= 11 is 0. The Morgan fingerprint density at radius 2 is 1.85 bits per heavy atom. The molecule has 53 heavy (non-hydrogen) atoms. The molecule has 2 bridgehead atoms. The van der Waals surface area contributed by atoms with Gasteiger partial charge in [-0.25, -0.2) is 0 Å². The first-order chi connectivity index (χ1) is 25.6. The van der Waals surface area contributed by atoms with Crippen LogP contribution in [-0.2, 0) is 27.2 Å². The molecule has 276 valence electrons. The highest BCUT2D eigenvalue weighted by atomic mass is 16.5. The molecule has 0 saturated carbocycles. The zero-order chi connectivity index (χ0) is 37.4. The van der Waals surface area contributed by atoms with Crippen molar-refractivity contribution in [1.82, 2.24) is 15.6 Å². The van der Waals surface area contributed by atoms with Crippen LogP contribution in [0.25, 0.3) is 0 Å². The number of hydrogen-bond acceptors (Lipinski definition) is 8. The minimum atomic E-state index is -0.594. The SMILES string of the molecule is COc1cc(C2C#CCNC3=CC(=CCN3)C(c3cccc(O)c3)Cc3c[nH]cc3CC3(C=CC=CC3C)CCC(OC(C)=O)CC(=O)C2)ccc1O. The van der Waals surface area contributed by atoms with Crippen molar-refractivity contribution in [3.05, 3.63) is 125 Å². The summed E-state index contributed by atoms with van der Waals surface area (Å²) in [6.45, 7) is 4.56. The number of aromatic hydroxyl groups is 2. The quantitative estimate of drug-likeness (QED) is 0.146. The molecule has 5 N–H and O–H groups in total. The Labute approximate surface area is 311 Å². The summed E-state index contributed by atoms with van der Waals surface area (Å²) in [5.74, 6) is 7.08. The van der Waals surface area contributed by atoms with E-state index in [2.05, 4.69) is 89.3 Å². The van der Waals surface area contributed by atoms with E-state index in [1.54, 1.807) is 24.3 Å². The standard InChI is InChI=1S/C44H49N3O6/c1-29-8-4-5-16-44(29)17-14-39(53-30(2)48)25-38(50)20-31(32-12-13-41(51)42(23-32)52-3)10-7-18-46-43-24-34(15-19-47-43)40(33-9-6-11-37(49)21-33)22-35-27-45-28-36(35)26-44/h4-6,8-9,11-13,15-16,21,23-24,27-29,31,39-40,45-47,49,51H,14,17-20,22,25-26H2,1-3H3. The summed E-state index contributed by atoms with van der Waals surface area (Å²) < 4.78 is 11.2. The first-order valence-corrected chi connectivity index (χ1v) is 18.4. The fourth-order valence-corrected chi connectivity index (χ4v) is 7.79. The molecule has 3 aromatic rings. The number of nitrogens with one attached hydrogen (secondary N) is 3. The minimum Gasteiger partial charge on any atom is -0.508 e. The zero-order valence-electron chi connectivity index (χ0n) is 30.7. The number of fused-ring (bicyclic) bond motifs is 2. The van der Waals surface area contributed by atoms with Crippen molar-refractivity contribution < 1.29 is 29.3 Å². The van der Waals surface area contributed by atoms with Gasteiger partial charge >= 0.3 is 5.97 Å². The van der Waals surface area contributed by atoms with Gasteiger partial charge in [-0.15, -0.1) is 0 Å². The number of Topliss-reactive ketones (excluding diaryl/α,β-unsaturated/α-hetero) is 1. The topological polar surface area (TPSA) is 133 Å². The second-order valence-corrected chi connectivity index (χ2v) is 14.3. The van der Waals surface area contributed by atoms with Gasteiger partial charge in [0.05, 0.1) is 25.4 Å². The largest absolute Gasteiger partial charge is 0.508 e. The Balaban J connectivity index is 1.40. The van der Waals surface area contributed by atoms with Gasteiger partial charge in [0.1, 0.15) is 17.6 Å². The van der Waals surface area contributed by atoms with E-state index in [4.69, 9.17) is 9.47 Å². The lowest BCUT2D eigenvalue weighted by Crippen LogP contribution is -2.32. The molecule has 0 saturated heterocycles. The maximum Gasteiger partial charge on any atom is 0.302 e. The van der Waals surface area contributed by atoms with E-state index >= 15 is 0 Å². The van der Waals surface area contributed by atoms with Gasteiger partial charge in [-0.05, 0) is 95.2 Å². The third kappa shape index (κ3) is 9.25. The number of phenolic OH excluding ortho intramolecular Hbond substituents is 2. The number of esters is 1. The van der Waals surface area contributed by atoms with E-state index in [0.29, 0.717) is 38.1 Å². The van der Waals surface area contributed by atoms with Crippen LogP contribution in [0.15, 0.2) is 103 Å². The van der Waals surface area contributed by atoms with E-state index in [0.717, 1.165) is 28.9 Å². The van der Waals surface area contributed by atoms with Gasteiger partial charge in [0, 0.05) is 44.6 Å². The smallest absolute Gasteiger partial charge is 0.302 e. The first-order valence-electron chi connectivity index (χ1n) is 18.4. The lowest BCUT2D eigenvalue weighted by molar-refractivity contribution is -0.148. The van der Waals surface area contributed by atoms with E-state index < -0.39 is 18.0 Å². The van der Waals surface area contributed by atoms with Crippen LogP contribution < -0.4 is 15.4 Å². The number of dihydropyridines is 1. The first kappa shape index (κ1) is 37.1. The van der Waals surface area contributed by atoms with Crippen molar-refractivity contribution in [2.24, 2.45) is 11.3 Å². The molecule has 2 aromatic carbocycles. The maximum atomic E-state index is 13.8. The van der Waals surface area contributed by atoms with Gasteiger partial charge in [0.25, 0.3) is 0 Å². The summed E-state index contributed by atoms with van der Waals surface area (Å²) in [7, 11) is 1.48. The number of ketones is 1.